The standard InChI is InChI=1S/C21H21NO7/c1-24-14-8-13(9-15(11-14)25-2)20-22-16(21(23)29-20)10-12-6-7-17(26-3)19(28-5)18(12)27-4/h6-11H,1-5H3. The van der Waals surface area contributed by atoms with Gasteiger partial charge in [0, 0.05) is 17.2 Å². The van der Waals surface area contributed by atoms with E-state index in [9.17, 15) is 4.79 Å². The first kappa shape index (κ1) is 20.1. The number of aliphatic imine (C=N–C) groups is 1. The molecule has 29 heavy (non-hydrogen) atoms. The van der Waals surface area contributed by atoms with E-state index in [1.165, 1.54) is 35.5 Å². The van der Waals surface area contributed by atoms with Crippen molar-refractivity contribution in [3.8, 4) is 28.7 Å². The molecule has 2 aromatic rings. The van der Waals surface area contributed by atoms with E-state index in [1.54, 1.807) is 36.4 Å². The molecule has 0 saturated carbocycles. The van der Waals surface area contributed by atoms with Crippen molar-refractivity contribution in [3.05, 3.63) is 47.2 Å². The van der Waals surface area contributed by atoms with Gasteiger partial charge in [0.05, 0.1) is 35.5 Å². The van der Waals surface area contributed by atoms with Crippen molar-refractivity contribution < 1.29 is 33.2 Å². The zero-order chi connectivity index (χ0) is 21.0. The van der Waals surface area contributed by atoms with Crippen molar-refractivity contribution in [2.75, 3.05) is 35.5 Å². The molecule has 1 heterocycles. The van der Waals surface area contributed by atoms with Gasteiger partial charge in [0.1, 0.15) is 11.5 Å². The molecule has 0 N–H and O–H groups in total. The predicted molar refractivity (Wildman–Crippen MR) is 106 cm³/mol. The largest absolute Gasteiger partial charge is 0.497 e. The van der Waals surface area contributed by atoms with Crippen LogP contribution in [0.2, 0.25) is 0 Å². The second-order valence-electron chi connectivity index (χ2n) is 5.86. The van der Waals surface area contributed by atoms with E-state index < -0.39 is 5.97 Å². The van der Waals surface area contributed by atoms with Gasteiger partial charge in [0.25, 0.3) is 0 Å². The maximum absolute atomic E-state index is 12.4. The Kier molecular flexibility index (Phi) is 5.92. The fraction of sp³-hybridized carbons (Fsp3) is 0.238. The number of ether oxygens (including phenoxy) is 6. The van der Waals surface area contributed by atoms with Gasteiger partial charge in [-0.25, -0.2) is 9.79 Å². The molecule has 0 bridgehead atoms. The summed E-state index contributed by atoms with van der Waals surface area (Å²) < 4.78 is 31.9. The highest BCUT2D eigenvalue weighted by Gasteiger charge is 2.26. The first-order valence-electron chi connectivity index (χ1n) is 8.59. The summed E-state index contributed by atoms with van der Waals surface area (Å²) in [6.45, 7) is 0. The SMILES string of the molecule is COc1cc(OC)cc(C2=NC(=Cc3ccc(OC)c(OC)c3OC)C(=O)O2)c1. The fourth-order valence-electron chi connectivity index (χ4n) is 2.85. The lowest BCUT2D eigenvalue weighted by Crippen LogP contribution is -2.06. The number of hydrogen-bond acceptors (Lipinski definition) is 8. The van der Waals surface area contributed by atoms with Crippen molar-refractivity contribution in [1.82, 2.24) is 0 Å². The smallest absolute Gasteiger partial charge is 0.363 e. The Balaban J connectivity index is 2.04. The van der Waals surface area contributed by atoms with Gasteiger partial charge in [-0.05, 0) is 30.3 Å². The van der Waals surface area contributed by atoms with Gasteiger partial charge in [-0.3, -0.25) is 0 Å². The van der Waals surface area contributed by atoms with Gasteiger partial charge < -0.3 is 28.4 Å². The van der Waals surface area contributed by atoms with Crippen LogP contribution in [0.4, 0.5) is 0 Å². The van der Waals surface area contributed by atoms with Gasteiger partial charge in [0.2, 0.25) is 11.6 Å². The summed E-state index contributed by atoms with van der Waals surface area (Å²) in [5, 5.41) is 0. The Morgan fingerprint density at radius 1 is 0.828 bits per heavy atom. The van der Waals surface area contributed by atoms with E-state index in [-0.39, 0.29) is 11.6 Å². The monoisotopic (exact) mass is 399 g/mol. The average Bonchev–Trinajstić information content (AvgIpc) is 3.12. The molecule has 0 aliphatic carbocycles. The molecule has 0 spiro atoms. The summed E-state index contributed by atoms with van der Waals surface area (Å²) in [5.74, 6) is 2.01. The molecule has 0 amide bonds. The van der Waals surface area contributed by atoms with Crippen LogP contribution in [0.1, 0.15) is 11.1 Å². The predicted octanol–water partition coefficient (Wildman–Crippen LogP) is 3.07. The average molecular weight is 399 g/mol. The molecular formula is C21H21NO7. The number of hydrogen-bond donors (Lipinski definition) is 0. The minimum absolute atomic E-state index is 0.118. The Labute approximate surface area is 168 Å². The van der Waals surface area contributed by atoms with Gasteiger partial charge in [-0.15, -0.1) is 0 Å². The van der Waals surface area contributed by atoms with Crippen molar-refractivity contribution in [2.24, 2.45) is 4.99 Å². The third-order valence-electron chi connectivity index (χ3n) is 4.25. The molecule has 1 aliphatic rings. The van der Waals surface area contributed by atoms with Crippen LogP contribution >= 0.6 is 0 Å². The molecular weight excluding hydrogens is 378 g/mol. The highest BCUT2D eigenvalue weighted by molar-refractivity contribution is 6.13. The molecule has 1 aliphatic heterocycles. The number of rotatable bonds is 7. The summed E-state index contributed by atoms with van der Waals surface area (Å²) in [6, 6.07) is 8.57. The lowest BCUT2D eigenvalue weighted by Gasteiger charge is -2.14. The summed E-state index contributed by atoms with van der Waals surface area (Å²) in [4.78, 5) is 16.7. The third-order valence-corrected chi connectivity index (χ3v) is 4.25. The van der Waals surface area contributed by atoms with Crippen LogP contribution in [0.5, 0.6) is 28.7 Å². The lowest BCUT2D eigenvalue weighted by atomic mass is 10.1. The zero-order valence-electron chi connectivity index (χ0n) is 16.8. The van der Waals surface area contributed by atoms with Crippen molar-refractivity contribution in [1.29, 1.82) is 0 Å². The second kappa shape index (κ2) is 8.55. The molecule has 0 aromatic heterocycles. The molecule has 8 nitrogen and oxygen atoms in total. The molecule has 0 atom stereocenters. The number of nitrogens with zero attached hydrogens (tertiary/aromatic N) is 1. The quantitative estimate of drug-likeness (QED) is 0.522. The van der Waals surface area contributed by atoms with E-state index in [4.69, 9.17) is 28.4 Å². The minimum atomic E-state index is -0.585. The van der Waals surface area contributed by atoms with Crippen molar-refractivity contribution >= 4 is 17.9 Å². The number of carbonyl (C=O) groups excluding carboxylic acids is 1. The summed E-state index contributed by atoms with van der Waals surface area (Å²) in [7, 11) is 7.62. The Morgan fingerprint density at radius 3 is 2.03 bits per heavy atom. The lowest BCUT2D eigenvalue weighted by molar-refractivity contribution is -0.129. The van der Waals surface area contributed by atoms with Gasteiger partial charge in [-0.2, -0.15) is 0 Å². The Morgan fingerprint density at radius 2 is 1.48 bits per heavy atom. The van der Waals surface area contributed by atoms with Crippen molar-refractivity contribution in [3.63, 3.8) is 0 Å². The maximum atomic E-state index is 12.4. The molecule has 0 fully saturated rings. The van der Waals surface area contributed by atoms with Crippen LogP contribution < -0.4 is 23.7 Å². The summed E-state index contributed by atoms with van der Waals surface area (Å²) in [5.41, 5.74) is 1.26. The molecule has 3 rings (SSSR count). The normalized spacial score (nSPS) is 14.3. The van der Waals surface area contributed by atoms with E-state index >= 15 is 0 Å². The molecule has 0 saturated heterocycles. The van der Waals surface area contributed by atoms with E-state index in [2.05, 4.69) is 4.99 Å². The number of methoxy groups -OCH3 is 5. The van der Waals surface area contributed by atoms with Crippen LogP contribution in [0, 0.1) is 0 Å². The van der Waals surface area contributed by atoms with Gasteiger partial charge >= 0.3 is 5.97 Å². The van der Waals surface area contributed by atoms with Crippen LogP contribution in [0.3, 0.4) is 0 Å². The van der Waals surface area contributed by atoms with Crippen LogP contribution in [0.15, 0.2) is 41.0 Å². The molecule has 152 valence electrons. The highest BCUT2D eigenvalue weighted by Crippen LogP contribution is 2.41. The van der Waals surface area contributed by atoms with Gasteiger partial charge in [0.15, 0.2) is 17.2 Å². The number of cyclic esters (lactones) is 1. The topological polar surface area (TPSA) is 84.8 Å². The van der Waals surface area contributed by atoms with E-state index in [0.29, 0.717) is 39.9 Å². The second-order valence-corrected chi connectivity index (χ2v) is 5.86. The number of benzene rings is 2. The first-order valence-corrected chi connectivity index (χ1v) is 8.59. The summed E-state index contributed by atoms with van der Waals surface area (Å²) >= 11 is 0. The van der Waals surface area contributed by atoms with Crippen LogP contribution in [0.25, 0.3) is 6.08 Å². The van der Waals surface area contributed by atoms with Gasteiger partial charge in [-0.1, -0.05) is 0 Å². The van der Waals surface area contributed by atoms with Crippen LogP contribution in [-0.2, 0) is 9.53 Å². The highest BCUT2D eigenvalue weighted by atomic mass is 16.6. The van der Waals surface area contributed by atoms with E-state index in [1.807, 2.05) is 0 Å². The maximum Gasteiger partial charge on any atom is 0.363 e. The molecule has 2 aromatic carbocycles. The van der Waals surface area contributed by atoms with Crippen molar-refractivity contribution in [2.45, 2.75) is 0 Å². The zero-order valence-corrected chi connectivity index (χ0v) is 16.8. The molecule has 8 heteroatoms. The molecule has 0 unspecified atom stereocenters. The van der Waals surface area contributed by atoms with E-state index in [0.717, 1.165) is 0 Å². The minimum Gasteiger partial charge on any atom is -0.497 e. The Hall–Kier alpha value is -3.68. The van der Waals surface area contributed by atoms with Crippen LogP contribution in [-0.4, -0.2) is 47.4 Å². The third kappa shape index (κ3) is 3.96. The number of esters is 1. The summed E-state index contributed by atoms with van der Waals surface area (Å²) in [6.07, 6.45) is 1.56. The molecule has 0 radical (unpaired) electrons. The first-order chi connectivity index (χ1) is 14.0. The Bertz CT molecular complexity index is 973. The number of carbonyl (C=O) groups is 1. The fourth-order valence-corrected chi connectivity index (χ4v) is 2.85.